The van der Waals surface area contributed by atoms with Crippen molar-refractivity contribution in [1.82, 2.24) is 4.98 Å². The highest BCUT2D eigenvalue weighted by Crippen LogP contribution is 2.33. The molecule has 1 saturated heterocycles. The molecule has 2 aromatic carbocycles. The van der Waals surface area contributed by atoms with Crippen molar-refractivity contribution >= 4 is 16.5 Å². The number of anilines is 1. The molecule has 1 N–H and O–H groups in total. The molecule has 2 heterocycles. The van der Waals surface area contributed by atoms with Gasteiger partial charge in [-0.25, -0.2) is 0 Å². The van der Waals surface area contributed by atoms with Crippen LogP contribution in [0.15, 0.2) is 47.3 Å². The molecule has 1 atom stereocenters. The fraction of sp³-hybridized carbons (Fsp3) is 0.348. The minimum Gasteiger partial charge on any atom is -0.482 e. The average Bonchev–Trinajstić information content (AvgIpc) is 3.16. The number of aromatic nitrogens is 1. The van der Waals surface area contributed by atoms with Gasteiger partial charge in [0.1, 0.15) is 0 Å². The van der Waals surface area contributed by atoms with Gasteiger partial charge in [0.15, 0.2) is 5.88 Å². The van der Waals surface area contributed by atoms with Crippen LogP contribution in [-0.2, 0) is 0 Å². The van der Waals surface area contributed by atoms with Crippen molar-refractivity contribution in [1.29, 1.82) is 0 Å². The van der Waals surface area contributed by atoms with E-state index in [9.17, 15) is 4.79 Å². The van der Waals surface area contributed by atoms with Gasteiger partial charge in [0.05, 0.1) is 7.11 Å². The Labute approximate surface area is 159 Å². The van der Waals surface area contributed by atoms with Crippen molar-refractivity contribution < 1.29 is 4.74 Å². The van der Waals surface area contributed by atoms with Crippen LogP contribution in [0.3, 0.4) is 0 Å². The van der Waals surface area contributed by atoms with E-state index >= 15 is 0 Å². The van der Waals surface area contributed by atoms with E-state index in [0.29, 0.717) is 11.4 Å². The van der Waals surface area contributed by atoms with Gasteiger partial charge in [-0.15, -0.1) is 0 Å². The zero-order chi connectivity index (χ0) is 19.0. The molecule has 27 heavy (non-hydrogen) atoms. The Balaban J connectivity index is 1.80. The number of fused-ring (bicyclic) bond motifs is 1. The minimum atomic E-state index is -0.129. The molecule has 0 aliphatic carbocycles. The molecule has 0 radical (unpaired) electrons. The Morgan fingerprint density at radius 1 is 1.15 bits per heavy atom. The maximum atomic E-state index is 12.6. The van der Waals surface area contributed by atoms with E-state index in [1.165, 1.54) is 23.9 Å². The summed E-state index contributed by atoms with van der Waals surface area (Å²) in [6, 6.07) is 14.5. The largest absolute Gasteiger partial charge is 0.482 e. The van der Waals surface area contributed by atoms with Crippen LogP contribution in [0.4, 0.5) is 5.69 Å². The maximum Gasteiger partial charge on any atom is 0.258 e. The molecule has 1 aliphatic heterocycles. The fourth-order valence-electron chi connectivity index (χ4n) is 4.11. The lowest BCUT2D eigenvalue weighted by molar-refractivity contribution is 0.397. The van der Waals surface area contributed by atoms with E-state index in [4.69, 9.17) is 4.74 Å². The predicted octanol–water partition coefficient (Wildman–Crippen LogP) is 4.75. The van der Waals surface area contributed by atoms with Gasteiger partial charge in [0.2, 0.25) is 0 Å². The number of aryl methyl sites for hydroxylation is 1. The molecule has 0 saturated carbocycles. The highest BCUT2D eigenvalue weighted by atomic mass is 16.5. The lowest BCUT2D eigenvalue weighted by Gasteiger charge is -2.20. The van der Waals surface area contributed by atoms with Crippen molar-refractivity contribution in [2.24, 2.45) is 5.92 Å². The molecule has 1 fully saturated rings. The van der Waals surface area contributed by atoms with E-state index in [-0.39, 0.29) is 5.56 Å². The smallest absolute Gasteiger partial charge is 0.258 e. The minimum absolute atomic E-state index is 0.129. The summed E-state index contributed by atoms with van der Waals surface area (Å²) in [5.74, 6) is 1.27. The summed E-state index contributed by atoms with van der Waals surface area (Å²) in [7, 11) is 1.55. The van der Waals surface area contributed by atoms with Crippen LogP contribution >= 0.6 is 0 Å². The maximum absolute atomic E-state index is 12.6. The average molecular weight is 362 g/mol. The molecular formula is C23H26N2O2. The lowest BCUT2D eigenvalue weighted by atomic mass is 9.96. The number of H-pyrrole nitrogens is 1. The number of nitrogens with zero attached hydrogens (tertiary/aromatic N) is 1. The molecule has 4 rings (SSSR count). The van der Waals surface area contributed by atoms with Gasteiger partial charge in [0, 0.05) is 24.3 Å². The molecule has 4 heteroatoms. The summed E-state index contributed by atoms with van der Waals surface area (Å²) >= 11 is 0. The second kappa shape index (κ2) is 7.10. The molecular weight excluding hydrogens is 336 g/mol. The highest BCUT2D eigenvalue weighted by Gasteiger charge is 2.21. The van der Waals surface area contributed by atoms with Crippen LogP contribution in [0.2, 0.25) is 0 Å². The van der Waals surface area contributed by atoms with Crippen LogP contribution in [0.25, 0.3) is 21.9 Å². The standard InChI is InChI=1S/C23H26N2O2/c1-4-16-9-10-25(14-16)18-5-6-19-17(13-18)11-15(2)12-21(19)20-7-8-22(27-3)24-23(20)26/h5-8,11-13,16H,4,9-10,14H2,1-3H3,(H,24,26). The number of nitrogens with one attached hydrogen (secondary N) is 1. The van der Waals surface area contributed by atoms with Crippen molar-refractivity contribution in [2.75, 3.05) is 25.1 Å². The Kier molecular flexibility index (Phi) is 4.65. The number of aromatic amines is 1. The summed E-state index contributed by atoms with van der Waals surface area (Å²) in [4.78, 5) is 17.8. The van der Waals surface area contributed by atoms with Crippen molar-refractivity contribution in [3.8, 4) is 17.0 Å². The van der Waals surface area contributed by atoms with Gasteiger partial charge in [-0.05, 0) is 65.4 Å². The first-order valence-corrected chi connectivity index (χ1v) is 9.66. The van der Waals surface area contributed by atoms with Gasteiger partial charge < -0.3 is 9.64 Å². The first kappa shape index (κ1) is 17.7. The van der Waals surface area contributed by atoms with Gasteiger partial charge >= 0.3 is 0 Å². The SMILES string of the molecule is CCC1CCN(c2ccc3c(-c4ccc(OC)[nH]c4=O)cc(C)cc3c2)C1. The predicted molar refractivity (Wildman–Crippen MR) is 112 cm³/mol. The third-order valence-corrected chi connectivity index (χ3v) is 5.70. The Hall–Kier alpha value is -2.75. The fourth-order valence-corrected chi connectivity index (χ4v) is 4.11. The number of rotatable bonds is 4. The Bertz CT molecular complexity index is 1040. The zero-order valence-electron chi connectivity index (χ0n) is 16.2. The van der Waals surface area contributed by atoms with Crippen LogP contribution in [0.1, 0.15) is 25.3 Å². The number of ether oxygens (including phenoxy) is 1. The van der Waals surface area contributed by atoms with Crippen molar-refractivity contribution in [2.45, 2.75) is 26.7 Å². The summed E-state index contributed by atoms with van der Waals surface area (Å²) in [5.41, 5.74) is 3.94. The number of methoxy groups -OCH3 is 1. The monoisotopic (exact) mass is 362 g/mol. The third kappa shape index (κ3) is 3.32. The molecule has 0 amide bonds. The molecule has 3 aromatic rings. The van der Waals surface area contributed by atoms with E-state index < -0.39 is 0 Å². The molecule has 140 valence electrons. The molecule has 0 spiro atoms. The van der Waals surface area contributed by atoms with Crippen molar-refractivity contribution in [3.05, 3.63) is 58.4 Å². The Morgan fingerprint density at radius 2 is 2.00 bits per heavy atom. The van der Waals surface area contributed by atoms with Crippen LogP contribution < -0.4 is 15.2 Å². The summed E-state index contributed by atoms with van der Waals surface area (Å²) in [6.07, 6.45) is 2.52. The van der Waals surface area contributed by atoms with Crippen LogP contribution in [-0.4, -0.2) is 25.2 Å². The highest BCUT2D eigenvalue weighted by molar-refractivity contribution is 5.98. The second-order valence-corrected chi connectivity index (χ2v) is 7.50. The number of benzene rings is 2. The van der Waals surface area contributed by atoms with E-state index in [2.05, 4.69) is 54.1 Å². The zero-order valence-corrected chi connectivity index (χ0v) is 16.2. The summed E-state index contributed by atoms with van der Waals surface area (Å²) in [5, 5.41) is 2.28. The normalized spacial score (nSPS) is 16.9. The first-order valence-electron chi connectivity index (χ1n) is 9.66. The lowest BCUT2D eigenvalue weighted by Crippen LogP contribution is -2.19. The quantitative estimate of drug-likeness (QED) is 0.728. The third-order valence-electron chi connectivity index (χ3n) is 5.70. The van der Waals surface area contributed by atoms with E-state index in [1.807, 2.05) is 6.07 Å². The van der Waals surface area contributed by atoms with Gasteiger partial charge in [-0.2, -0.15) is 0 Å². The Morgan fingerprint density at radius 3 is 2.70 bits per heavy atom. The van der Waals surface area contributed by atoms with Gasteiger partial charge in [0.25, 0.3) is 5.56 Å². The van der Waals surface area contributed by atoms with E-state index in [1.54, 1.807) is 13.2 Å². The van der Waals surface area contributed by atoms with Gasteiger partial charge in [-0.1, -0.05) is 31.5 Å². The van der Waals surface area contributed by atoms with Crippen molar-refractivity contribution in [3.63, 3.8) is 0 Å². The number of hydrogen-bond donors (Lipinski definition) is 1. The topological polar surface area (TPSA) is 45.3 Å². The number of pyridine rings is 1. The van der Waals surface area contributed by atoms with Gasteiger partial charge in [-0.3, -0.25) is 9.78 Å². The number of hydrogen-bond acceptors (Lipinski definition) is 3. The summed E-state index contributed by atoms with van der Waals surface area (Å²) in [6.45, 7) is 6.62. The van der Waals surface area contributed by atoms with Crippen LogP contribution in [0, 0.1) is 12.8 Å². The molecule has 0 bridgehead atoms. The van der Waals surface area contributed by atoms with E-state index in [0.717, 1.165) is 35.5 Å². The summed E-state index contributed by atoms with van der Waals surface area (Å²) < 4.78 is 5.13. The van der Waals surface area contributed by atoms with Crippen LogP contribution in [0.5, 0.6) is 5.88 Å². The molecule has 1 unspecified atom stereocenters. The molecule has 1 aliphatic rings. The first-order chi connectivity index (χ1) is 13.1. The molecule has 1 aromatic heterocycles. The second-order valence-electron chi connectivity index (χ2n) is 7.50. The molecule has 4 nitrogen and oxygen atoms in total.